The number of nitrogens with zero attached hydrogens (tertiary/aromatic N) is 3. The molecule has 0 saturated carbocycles. The number of anilines is 2. The quantitative estimate of drug-likeness (QED) is 0.697. The molecular weight excluding hydrogens is 242 g/mol. The lowest BCUT2D eigenvalue weighted by Crippen LogP contribution is -2.02. The third kappa shape index (κ3) is 2.33. The lowest BCUT2D eigenvalue weighted by molar-refractivity contribution is 0.384. The van der Waals surface area contributed by atoms with E-state index in [0.29, 0.717) is 12.2 Å². The molecule has 6 nitrogen and oxygen atoms in total. The van der Waals surface area contributed by atoms with Crippen LogP contribution in [0.2, 0.25) is 0 Å². The van der Waals surface area contributed by atoms with E-state index in [1.165, 1.54) is 6.33 Å². The zero-order chi connectivity index (χ0) is 13.2. The third-order valence-electron chi connectivity index (χ3n) is 2.77. The van der Waals surface area contributed by atoms with Crippen molar-refractivity contribution in [3.63, 3.8) is 0 Å². The van der Waals surface area contributed by atoms with Gasteiger partial charge in [0.25, 0.3) is 0 Å². The smallest absolute Gasteiger partial charge is 0.156 e. The predicted octanol–water partition coefficient (Wildman–Crippen LogP) is 2.12. The third-order valence-corrected chi connectivity index (χ3v) is 2.77. The highest BCUT2D eigenvalue weighted by Gasteiger charge is 2.05. The first-order chi connectivity index (χ1) is 9.22. The number of hydrogen-bond donors (Lipinski definition) is 2. The fourth-order valence-corrected chi connectivity index (χ4v) is 1.89. The maximum atomic E-state index is 5.79. The van der Waals surface area contributed by atoms with Crippen LogP contribution in [-0.2, 0) is 6.54 Å². The Balaban J connectivity index is 1.90. The van der Waals surface area contributed by atoms with Gasteiger partial charge in [-0.2, -0.15) is 0 Å². The second-order valence-corrected chi connectivity index (χ2v) is 4.29. The molecule has 0 amide bonds. The van der Waals surface area contributed by atoms with E-state index < -0.39 is 0 Å². The monoisotopic (exact) mass is 255 g/mol. The predicted molar refractivity (Wildman–Crippen MR) is 72.5 cm³/mol. The summed E-state index contributed by atoms with van der Waals surface area (Å²) in [5.74, 6) is 1.49. The molecule has 3 aromatic rings. The van der Waals surface area contributed by atoms with Crippen LogP contribution in [0.3, 0.4) is 0 Å². The zero-order valence-electron chi connectivity index (χ0n) is 10.4. The molecule has 2 aromatic heterocycles. The number of fused-ring (bicyclic) bond motifs is 1. The molecular formula is C13H13N5O. The summed E-state index contributed by atoms with van der Waals surface area (Å²) in [6.45, 7) is 2.40. The molecule has 96 valence electrons. The Bertz CT molecular complexity index is 722. The highest BCUT2D eigenvalue weighted by Crippen LogP contribution is 2.22. The van der Waals surface area contributed by atoms with Gasteiger partial charge in [0.05, 0.1) is 17.8 Å². The molecule has 0 aliphatic carbocycles. The van der Waals surface area contributed by atoms with Crippen molar-refractivity contribution in [2.24, 2.45) is 0 Å². The lowest BCUT2D eigenvalue weighted by atomic mass is 10.2. The topological polar surface area (TPSA) is 89.9 Å². The summed E-state index contributed by atoms with van der Waals surface area (Å²) in [4.78, 5) is 8.43. The van der Waals surface area contributed by atoms with Crippen LogP contribution < -0.4 is 11.1 Å². The molecule has 0 unspecified atom stereocenters. The SMILES string of the molecule is Cc1cc(CNc2ncnc3ccc(N)cc23)on1. The minimum absolute atomic E-state index is 0.516. The summed E-state index contributed by atoms with van der Waals surface area (Å²) in [6, 6.07) is 7.42. The van der Waals surface area contributed by atoms with Gasteiger partial charge in [-0.05, 0) is 25.1 Å². The number of rotatable bonds is 3. The number of benzene rings is 1. The first kappa shape index (κ1) is 11.5. The Morgan fingerprint density at radius 3 is 2.95 bits per heavy atom. The van der Waals surface area contributed by atoms with Crippen LogP contribution in [0.4, 0.5) is 11.5 Å². The highest BCUT2D eigenvalue weighted by molar-refractivity contribution is 5.91. The van der Waals surface area contributed by atoms with Gasteiger partial charge in [0.2, 0.25) is 0 Å². The van der Waals surface area contributed by atoms with Gasteiger partial charge in [-0.3, -0.25) is 0 Å². The van der Waals surface area contributed by atoms with Crippen LogP contribution >= 0.6 is 0 Å². The molecule has 1 aromatic carbocycles. The fraction of sp³-hybridized carbons (Fsp3) is 0.154. The molecule has 0 fully saturated rings. The van der Waals surface area contributed by atoms with E-state index in [0.717, 1.165) is 28.2 Å². The summed E-state index contributed by atoms with van der Waals surface area (Å²) in [7, 11) is 0. The van der Waals surface area contributed by atoms with Gasteiger partial charge >= 0.3 is 0 Å². The van der Waals surface area contributed by atoms with Crippen molar-refractivity contribution in [1.29, 1.82) is 0 Å². The fourth-order valence-electron chi connectivity index (χ4n) is 1.89. The standard InChI is InChI=1S/C13H13N5O/c1-8-4-10(19-18-8)6-15-13-11-5-9(14)2-3-12(11)16-7-17-13/h2-5,7H,6,14H2,1H3,(H,15,16,17). The number of nitrogens with one attached hydrogen (secondary N) is 1. The Labute approximate surface area is 109 Å². The molecule has 0 bridgehead atoms. The van der Waals surface area contributed by atoms with Crippen molar-refractivity contribution in [2.75, 3.05) is 11.1 Å². The molecule has 6 heteroatoms. The summed E-state index contributed by atoms with van der Waals surface area (Å²) in [6.07, 6.45) is 1.52. The van der Waals surface area contributed by atoms with Crippen LogP contribution in [0.25, 0.3) is 10.9 Å². The van der Waals surface area contributed by atoms with E-state index in [1.807, 2.05) is 31.2 Å². The van der Waals surface area contributed by atoms with E-state index in [9.17, 15) is 0 Å². The first-order valence-corrected chi connectivity index (χ1v) is 5.89. The van der Waals surface area contributed by atoms with E-state index in [1.54, 1.807) is 0 Å². The normalized spacial score (nSPS) is 10.8. The van der Waals surface area contributed by atoms with E-state index >= 15 is 0 Å². The summed E-state index contributed by atoms with van der Waals surface area (Å²) < 4.78 is 5.14. The molecule has 3 rings (SSSR count). The average Bonchev–Trinajstić information content (AvgIpc) is 2.82. The van der Waals surface area contributed by atoms with Crippen molar-refractivity contribution >= 4 is 22.4 Å². The highest BCUT2D eigenvalue weighted by atomic mass is 16.5. The Morgan fingerprint density at radius 1 is 1.26 bits per heavy atom. The number of hydrogen-bond acceptors (Lipinski definition) is 6. The van der Waals surface area contributed by atoms with Crippen LogP contribution in [0.5, 0.6) is 0 Å². The molecule has 2 heterocycles. The van der Waals surface area contributed by atoms with Gasteiger partial charge in [-0.25, -0.2) is 9.97 Å². The second-order valence-electron chi connectivity index (χ2n) is 4.29. The number of nitrogen functional groups attached to an aromatic ring is 1. The minimum Gasteiger partial charge on any atom is -0.399 e. The molecule has 0 radical (unpaired) electrons. The second kappa shape index (κ2) is 4.56. The Morgan fingerprint density at radius 2 is 2.16 bits per heavy atom. The molecule has 0 spiro atoms. The van der Waals surface area contributed by atoms with Gasteiger partial charge in [-0.1, -0.05) is 5.16 Å². The summed E-state index contributed by atoms with van der Waals surface area (Å²) >= 11 is 0. The van der Waals surface area contributed by atoms with Crippen molar-refractivity contribution in [3.05, 3.63) is 42.0 Å². The van der Waals surface area contributed by atoms with Gasteiger partial charge in [0.1, 0.15) is 12.1 Å². The molecule has 0 aliphatic rings. The maximum absolute atomic E-state index is 5.79. The van der Waals surface area contributed by atoms with Crippen LogP contribution in [-0.4, -0.2) is 15.1 Å². The number of aromatic nitrogens is 3. The number of nitrogens with two attached hydrogens (primary N) is 1. The summed E-state index contributed by atoms with van der Waals surface area (Å²) in [5, 5.41) is 7.93. The van der Waals surface area contributed by atoms with Crippen LogP contribution in [0.15, 0.2) is 35.1 Å². The largest absolute Gasteiger partial charge is 0.399 e. The first-order valence-electron chi connectivity index (χ1n) is 5.89. The van der Waals surface area contributed by atoms with Crippen molar-refractivity contribution in [3.8, 4) is 0 Å². The van der Waals surface area contributed by atoms with Crippen molar-refractivity contribution in [2.45, 2.75) is 13.5 Å². The van der Waals surface area contributed by atoms with Crippen molar-refractivity contribution in [1.82, 2.24) is 15.1 Å². The minimum atomic E-state index is 0.516. The zero-order valence-corrected chi connectivity index (χ0v) is 10.4. The Kier molecular flexibility index (Phi) is 2.75. The van der Waals surface area contributed by atoms with Gasteiger partial charge in [0.15, 0.2) is 5.76 Å². The molecule has 0 aliphatic heterocycles. The maximum Gasteiger partial charge on any atom is 0.156 e. The molecule has 19 heavy (non-hydrogen) atoms. The van der Waals surface area contributed by atoms with E-state index in [2.05, 4.69) is 20.4 Å². The van der Waals surface area contributed by atoms with Gasteiger partial charge < -0.3 is 15.6 Å². The molecule has 3 N–H and O–H groups in total. The van der Waals surface area contributed by atoms with Crippen molar-refractivity contribution < 1.29 is 4.52 Å². The van der Waals surface area contributed by atoms with E-state index in [-0.39, 0.29) is 0 Å². The molecule has 0 saturated heterocycles. The van der Waals surface area contributed by atoms with Crippen LogP contribution in [0, 0.1) is 6.92 Å². The number of aryl methyl sites for hydroxylation is 1. The van der Waals surface area contributed by atoms with Gasteiger partial charge in [-0.15, -0.1) is 0 Å². The van der Waals surface area contributed by atoms with Gasteiger partial charge in [0, 0.05) is 17.1 Å². The Hall–Kier alpha value is -2.63. The lowest BCUT2D eigenvalue weighted by Gasteiger charge is -2.06. The molecule has 0 atom stereocenters. The average molecular weight is 255 g/mol. The van der Waals surface area contributed by atoms with E-state index in [4.69, 9.17) is 10.3 Å². The van der Waals surface area contributed by atoms with Crippen LogP contribution in [0.1, 0.15) is 11.5 Å². The summed E-state index contributed by atoms with van der Waals surface area (Å²) in [5.41, 5.74) is 8.18.